The number of carbonyl (C=O) groups is 1. The molecule has 1 fully saturated rings. The molecule has 1 heterocycles. The van der Waals surface area contributed by atoms with E-state index >= 15 is 0 Å². The molecule has 1 amide bonds. The van der Waals surface area contributed by atoms with Gasteiger partial charge in [0.05, 0.1) is 12.6 Å². The van der Waals surface area contributed by atoms with E-state index in [1.165, 1.54) is 0 Å². The molecule has 1 saturated heterocycles. The van der Waals surface area contributed by atoms with Crippen LogP contribution in [0.1, 0.15) is 33.6 Å². The normalized spacial score (nSPS) is 21.5. The minimum Gasteiger partial charge on any atom is -0.444 e. The second-order valence-electron chi connectivity index (χ2n) is 5.81. The number of rotatable bonds is 3. The van der Waals surface area contributed by atoms with E-state index in [1.807, 2.05) is 20.8 Å². The largest absolute Gasteiger partial charge is 0.444 e. The smallest absolute Gasteiger partial charge is 0.410 e. The summed E-state index contributed by atoms with van der Waals surface area (Å²) in [5.74, 6) is -0.0632. The van der Waals surface area contributed by atoms with Gasteiger partial charge in [0.15, 0.2) is 0 Å². The molecular formula is C12H22N4O3. The summed E-state index contributed by atoms with van der Waals surface area (Å²) in [6.45, 7) is 6.59. The van der Waals surface area contributed by atoms with Crippen molar-refractivity contribution in [2.24, 2.45) is 11.0 Å². The van der Waals surface area contributed by atoms with Gasteiger partial charge in [0.25, 0.3) is 0 Å². The third-order valence-corrected chi connectivity index (χ3v) is 2.99. The van der Waals surface area contributed by atoms with E-state index in [0.717, 1.165) is 12.8 Å². The van der Waals surface area contributed by atoms with Gasteiger partial charge < -0.3 is 14.7 Å². The summed E-state index contributed by atoms with van der Waals surface area (Å²) in [6.07, 6.45) is 0.577. The van der Waals surface area contributed by atoms with E-state index < -0.39 is 11.7 Å². The van der Waals surface area contributed by atoms with Crippen LogP contribution >= 0.6 is 0 Å². The number of hydrogen-bond donors (Lipinski definition) is 1. The zero-order valence-corrected chi connectivity index (χ0v) is 11.7. The minimum absolute atomic E-state index is 0.0450. The fourth-order valence-corrected chi connectivity index (χ4v) is 2.09. The molecule has 0 unspecified atom stereocenters. The van der Waals surface area contributed by atoms with Crippen LogP contribution in [0.25, 0.3) is 10.4 Å². The molecule has 1 aliphatic heterocycles. The van der Waals surface area contributed by atoms with Gasteiger partial charge in [-0.25, -0.2) is 4.79 Å². The van der Waals surface area contributed by atoms with Crippen molar-refractivity contribution < 1.29 is 14.6 Å². The SMILES string of the molecule is CC(C)(C)OC(=O)N1CCC[C@H]([C@H](O)CN=[N+]=[N-])C1. The van der Waals surface area contributed by atoms with Gasteiger partial charge in [-0.15, -0.1) is 0 Å². The van der Waals surface area contributed by atoms with Gasteiger partial charge in [0, 0.05) is 23.9 Å². The molecule has 7 nitrogen and oxygen atoms in total. The van der Waals surface area contributed by atoms with Crippen molar-refractivity contribution in [2.75, 3.05) is 19.6 Å². The summed E-state index contributed by atoms with van der Waals surface area (Å²) in [4.78, 5) is 16.2. The Labute approximate surface area is 113 Å². The number of carbonyl (C=O) groups excluding carboxylic acids is 1. The number of amides is 1. The Morgan fingerprint density at radius 2 is 2.32 bits per heavy atom. The number of nitrogens with zero attached hydrogens (tertiary/aromatic N) is 4. The van der Waals surface area contributed by atoms with Gasteiger partial charge in [-0.1, -0.05) is 5.11 Å². The molecular weight excluding hydrogens is 248 g/mol. The molecule has 0 aromatic heterocycles. The number of likely N-dealkylation sites (tertiary alicyclic amines) is 1. The van der Waals surface area contributed by atoms with Gasteiger partial charge >= 0.3 is 6.09 Å². The third-order valence-electron chi connectivity index (χ3n) is 2.99. The molecule has 108 valence electrons. The van der Waals surface area contributed by atoms with Crippen molar-refractivity contribution in [3.8, 4) is 0 Å². The zero-order valence-electron chi connectivity index (χ0n) is 11.7. The van der Waals surface area contributed by atoms with Crippen LogP contribution in [0, 0.1) is 5.92 Å². The van der Waals surface area contributed by atoms with Gasteiger partial charge in [-0.2, -0.15) is 0 Å². The standard InChI is InChI=1S/C12H22N4O3/c1-12(2,3)19-11(18)16-6-4-5-9(8-16)10(17)7-14-15-13/h9-10,17H,4-8H2,1-3H3/t9-,10+/m0/s1. The molecule has 2 atom stereocenters. The minimum atomic E-state index is -0.707. The number of ether oxygens (including phenoxy) is 1. The lowest BCUT2D eigenvalue weighted by Gasteiger charge is -2.35. The number of piperidine rings is 1. The first-order valence-electron chi connectivity index (χ1n) is 6.50. The highest BCUT2D eigenvalue weighted by Gasteiger charge is 2.30. The molecule has 0 aliphatic carbocycles. The van der Waals surface area contributed by atoms with Crippen LogP contribution in [0.5, 0.6) is 0 Å². The first-order valence-corrected chi connectivity index (χ1v) is 6.50. The Hall–Kier alpha value is -1.46. The molecule has 0 radical (unpaired) electrons. The van der Waals surface area contributed by atoms with Crippen LogP contribution in [0.2, 0.25) is 0 Å². The summed E-state index contributed by atoms with van der Waals surface area (Å²) >= 11 is 0. The molecule has 1 N–H and O–H groups in total. The number of azide groups is 1. The van der Waals surface area contributed by atoms with Crippen LogP contribution in [0.3, 0.4) is 0 Å². The molecule has 7 heteroatoms. The van der Waals surface area contributed by atoms with E-state index in [4.69, 9.17) is 10.3 Å². The van der Waals surface area contributed by atoms with E-state index in [1.54, 1.807) is 4.90 Å². The molecule has 0 bridgehead atoms. The maximum Gasteiger partial charge on any atom is 0.410 e. The zero-order chi connectivity index (χ0) is 14.5. The van der Waals surface area contributed by atoms with Gasteiger partial charge in [-0.3, -0.25) is 0 Å². The van der Waals surface area contributed by atoms with Crippen LogP contribution in [0.15, 0.2) is 5.11 Å². The van der Waals surface area contributed by atoms with Crippen molar-refractivity contribution >= 4 is 6.09 Å². The lowest BCUT2D eigenvalue weighted by molar-refractivity contribution is 0.00417. The molecule has 0 spiro atoms. The van der Waals surface area contributed by atoms with Gasteiger partial charge in [0.1, 0.15) is 5.60 Å². The molecule has 0 aromatic rings. The molecule has 0 aromatic carbocycles. The average Bonchev–Trinajstić information content (AvgIpc) is 2.34. The summed E-state index contributed by atoms with van der Waals surface area (Å²) < 4.78 is 5.31. The topological polar surface area (TPSA) is 98.5 Å². The van der Waals surface area contributed by atoms with E-state index in [2.05, 4.69) is 10.0 Å². The van der Waals surface area contributed by atoms with Crippen molar-refractivity contribution in [1.82, 2.24) is 4.90 Å². The quantitative estimate of drug-likeness (QED) is 0.484. The molecule has 19 heavy (non-hydrogen) atoms. The maximum atomic E-state index is 11.9. The van der Waals surface area contributed by atoms with Crippen molar-refractivity contribution in [2.45, 2.75) is 45.3 Å². The summed E-state index contributed by atoms with van der Waals surface area (Å²) in [5, 5.41) is 13.3. The monoisotopic (exact) mass is 270 g/mol. The van der Waals surface area contributed by atoms with Gasteiger partial charge in [-0.05, 0) is 39.1 Å². The highest BCUT2D eigenvalue weighted by atomic mass is 16.6. The number of hydrogen-bond acceptors (Lipinski definition) is 4. The number of aliphatic hydroxyl groups excluding tert-OH is 1. The van der Waals surface area contributed by atoms with Crippen LogP contribution in [-0.4, -0.2) is 47.4 Å². The highest BCUT2D eigenvalue weighted by Crippen LogP contribution is 2.22. The Balaban J connectivity index is 2.54. The molecule has 1 aliphatic rings. The van der Waals surface area contributed by atoms with Crippen LogP contribution in [0.4, 0.5) is 4.79 Å². The maximum absolute atomic E-state index is 11.9. The fraction of sp³-hybridized carbons (Fsp3) is 0.917. The summed E-state index contributed by atoms with van der Waals surface area (Å²) in [7, 11) is 0. The Morgan fingerprint density at radius 1 is 1.63 bits per heavy atom. The molecule has 0 saturated carbocycles. The average molecular weight is 270 g/mol. The van der Waals surface area contributed by atoms with Crippen molar-refractivity contribution in [3.05, 3.63) is 10.4 Å². The van der Waals surface area contributed by atoms with Crippen LogP contribution < -0.4 is 0 Å². The predicted molar refractivity (Wildman–Crippen MR) is 70.6 cm³/mol. The highest BCUT2D eigenvalue weighted by molar-refractivity contribution is 5.68. The van der Waals surface area contributed by atoms with Crippen molar-refractivity contribution in [1.29, 1.82) is 0 Å². The van der Waals surface area contributed by atoms with Crippen molar-refractivity contribution in [3.63, 3.8) is 0 Å². The Morgan fingerprint density at radius 3 is 2.89 bits per heavy atom. The summed E-state index contributed by atoms with van der Waals surface area (Å²) in [5.41, 5.74) is 7.72. The Kier molecular flexibility index (Phi) is 5.44. The second-order valence-corrected chi connectivity index (χ2v) is 5.81. The first-order chi connectivity index (χ1) is 8.83. The predicted octanol–water partition coefficient (Wildman–Crippen LogP) is 2.30. The van der Waals surface area contributed by atoms with E-state index in [-0.39, 0.29) is 18.6 Å². The second kappa shape index (κ2) is 6.63. The van der Waals surface area contributed by atoms with Gasteiger partial charge in [0.2, 0.25) is 0 Å². The fourth-order valence-electron chi connectivity index (χ4n) is 2.09. The molecule has 1 rings (SSSR count). The summed E-state index contributed by atoms with van der Waals surface area (Å²) in [6, 6.07) is 0. The third kappa shape index (κ3) is 5.36. The lowest BCUT2D eigenvalue weighted by atomic mass is 9.93. The Bertz CT molecular complexity index is 360. The van der Waals surface area contributed by atoms with E-state index in [9.17, 15) is 9.90 Å². The van der Waals surface area contributed by atoms with Crippen LogP contribution in [-0.2, 0) is 4.74 Å². The lowest BCUT2D eigenvalue weighted by Crippen LogP contribution is -2.46. The number of aliphatic hydroxyl groups is 1. The first kappa shape index (κ1) is 15.6. The van der Waals surface area contributed by atoms with E-state index in [0.29, 0.717) is 13.1 Å².